The second-order valence-electron chi connectivity index (χ2n) is 4.52. The molecule has 15 heavy (non-hydrogen) atoms. The van der Waals surface area contributed by atoms with Crippen LogP contribution in [0.15, 0.2) is 22.7 Å². The van der Waals surface area contributed by atoms with Crippen LogP contribution in [0.25, 0.3) is 0 Å². The van der Waals surface area contributed by atoms with Gasteiger partial charge in [0.15, 0.2) is 0 Å². The SMILES string of the molecule is Cc1cc(Br)ccc1OCC(C)(C)CS. The maximum Gasteiger partial charge on any atom is 0.122 e. The molecule has 1 rings (SSSR count). The molecule has 3 heteroatoms. The largest absolute Gasteiger partial charge is 0.493 e. The van der Waals surface area contributed by atoms with Gasteiger partial charge in [0.25, 0.3) is 0 Å². The summed E-state index contributed by atoms with van der Waals surface area (Å²) in [6, 6.07) is 6.05. The number of hydrogen-bond acceptors (Lipinski definition) is 2. The summed E-state index contributed by atoms with van der Waals surface area (Å²) in [6.07, 6.45) is 0. The van der Waals surface area contributed by atoms with E-state index >= 15 is 0 Å². The number of aryl methyl sites for hydroxylation is 1. The van der Waals surface area contributed by atoms with Crippen LogP contribution in [-0.2, 0) is 0 Å². The van der Waals surface area contributed by atoms with Crippen LogP contribution < -0.4 is 4.74 Å². The Bertz CT molecular complexity index is 336. The highest BCUT2D eigenvalue weighted by Gasteiger charge is 2.16. The second kappa shape index (κ2) is 5.26. The number of halogens is 1. The quantitative estimate of drug-likeness (QED) is 0.821. The van der Waals surface area contributed by atoms with Gasteiger partial charge in [0.1, 0.15) is 5.75 Å². The molecule has 1 nitrogen and oxygen atoms in total. The van der Waals surface area contributed by atoms with E-state index in [1.165, 1.54) is 0 Å². The zero-order valence-electron chi connectivity index (χ0n) is 9.38. The van der Waals surface area contributed by atoms with E-state index in [-0.39, 0.29) is 5.41 Å². The van der Waals surface area contributed by atoms with Gasteiger partial charge in [0.05, 0.1) is 6.61 Å². The van der Waals surface area contributed by atoms with E-state index in [4.69, 9.17) is 4.74 Å². The Balaban J connectivity index is 2.66. The van der Waals surface area contributed by atoms with E-state index in [0.717, 1.165) is 21.5 Å². The first-order valence-corrected chi connectivity index (χ1v) is 6.37. The van der Waals surface area contributed by atoms with Crippen molar-refractivity contribution in [2.24, 2.45) is 5.41 Å². The molecule has 0 atom stereocenters. The Morgan fingerprint density at radius 2 is 2.07 bits per heavy atom. The second-order valence-corrected chi connectivity index (χ2v) is 5.75. The van der Waals surface area contributed by atoms with Gasteiger partial charge < -0.3 is 4.74 Å². The Kier molecular flexibility index (Phi) is 4.53. The minimum Gasteiger partial charge on any atom is -0.493 e. The van der Waals surface area contributed by atoms with Gasteiger partial charge in [0, 0.05) is 9.89 Å². The molecule has 0 amide bonds. The van der Waals surface area contributed by atoms with E-state index in [0.29, 0.717) is 6.61 Å². The Labute approximate surface area is 106 Å². The molecule has 0 unspecified atom stereocenters. The first-order valence-electron chi connectivity index (χ1n) is 4.94. The highest BCUT2D eigenvalue weighted by atomic mass is 79.9. The van der Waals surface area contributed by atoms with Gasteiger partial charge in [-0.3, -0.25) is 0 Å². The fraction of sp³-hybridized carbons (Fsp3) is 0.500. The molecular formula is C12H17BrOS. The molecule has 0 spiro atoms. The topological polar surface area (TPSA) is 9.23 Å². The Morgan fingerprint density at radius 1 is 1.40 bits per heavy atom. The molecule has 0 aromatic heterocycles. The van der Waals surface area contributed by atoms with Crippen LogP contribution in [0.4, 0.5) is 0 Å². The number of thiol groups is 1. The van der Waals surface area contributed by atoms with Crippen LogP contribution in [-0.4, -0.2) is 12.4 Å². The van der Waals surface area contributed by atoms with Crippen molar-refractivity contribution in [2.45, 2.75) is 20.8 Å². The number of ether oxygens (including phenoxy) is 1. The lowest BCUT2D eigenvalue weighted by Crippen LogP contribution is -2.23. The summed E-state index contributed by atoms with van der Waals surface area (Å²) in [5, 5.41) is 0. The first kappa shape index (κ1) is 12.9. The van der Waals surface area contributed by atoms with Gasteiger partial charge in [0.2, 0.25) is 0 Å². The zero-order chi connectivity index (χ0) is 11.5. The van der Waals surface area contributed by atoms with Gasteiger partial charge in [-0.25, -0.2) is 0 Å². The van der Waals surface area contributed by atoms with Crippen molar-refractivity contribution in [3.05, 3.63) is 28.2 Å². The number of rotatable bonds is 4. The summed E-state index contributed by atoms with van der Waals surface area (Å²) in [4.78, 5) is 0. The van der Waals surface area contributed by atoms with Crippen LogP contribution in [0.3, 0.4) is 0 Å². The standard InChI is InChI=1S/C12H17BrOS/c1-9-6-10(13)4-5-11(9)14-7-12(2,3)8-15/h4-6,15H,7-8H2,1-3H3. The maximum atomic E-state index is 5.78. The van der Waals surface area contributed by atoms with Crippen LogP contribution in [0.1, 0.15) is 19.4 Å². The van der Waals surface area contributed by atoms with Gasteiger partial charge in [-0.15, -0.1) is 0 Å². The molecule has 0 heterocycles. The van der Waals surface area contributed by atoms with E-state index in [1.54, 1.807) is 0 Å². The van der Waals surface area contributed by atoms with Crippen molar-refractivity contribution in [2.75, 3.05) is 12.4 Å². The van der Waals surface area contributed by atoms with Crippen molar-refractivity contribution in [3.8, 4) is 5.75 Å². The monoisotopic (exact) mass is 288 g/mol. The lowest BCUT2D eigenvalue weighted by molar-refractivity contribution is 0.201. The summed E-state index contributed by atoms with van der Waals surface area (Å²) in [5.41, 5.74) is 1.27. The van der Waals surface area contributed by atoms with Crippen molar-refractivity contribution in [3.63, 3.8) is 0 Å². The third kappa shape index (κ3) is 4.07. The molecule has 0 N–H and O–H groups in total. The van der Waals surface area contributed by atoms with Gasteiger partial charge >= 0.3 is 0 Å². The smallest absolute Gasteiger partial charge is 0.122 e. The first-order chi connectivity index (χ1) is 6.94. The van der Waals surface area contributed by atoms with Crippen molar-refractivity contribution in [1.82, 2.24) is 0 Å². The van der Waals surface area contributed by atoms with Crippen LogP contribution in [0.5, 0.6) is 5.75 Å². The fourth-order valence-electron chi connectivity index (χ4n) is 1.09. The Hall–Kier alpha value is -0.150. The van der Waals surface area contributed by atoms with Crippen molar-refractivity contribution >= 4 is 28.6 Å². The highest BCUT2D eigenvalue weighted by Crippen LogP contribution is 2.25. The fourth-order valence-corrected chi connectivity index (χ4v) is 1.66. The molecule has 0 radical (unpaired) electrons. The summed E-state index contributed by atoms with van der Waals surface area (Å²) in [5.74, 6) is 1.77. The summed E-state index contributed by atoms with van der Waals surface area (Å²) >= 11 is 7.74. The molecule has 84 valence electrons. The van der Waals surface area contributed by atoms with Gasteiger partial charge in [-0.2, -0.15) is 12.6 Å². The lowest BCUT2D eigenvalue weighted by Gasteiger charge is -2.22. The molecule has 0 saturated carbocycles. The average Bonchev–Trinajstić information content (AvgIpc) is 2.16. The van der Waals surface area contributed by atoms with E-state index in [2.05, 4.69) is 48.5 Å². The van der Waals surface area contributed by atoms with E-state index in [9.17, 15) is 0 Å². The molecule has 0 aliphatic heterocycles. The molecule has 1 aromatic rings. The Morgan fingerprint density at radius 3 is 2.60 bits per heavy atom. The van der Waals surface area contributed by atoms with Crippen molar-refractivity contribution in [1.29, 1.82) is 0 Å². The molecule has 0 aliphatic carbocycles. The van der Waals surface area contributed by atoms with Crippen LogP contribution >= 0.6 is 28.6 Å². The minimum atomic E-state index is 0.114. The molecule has 0 fully saturated rings. The predicted molar refractivity (Wildman–Crippen MR) is 72.0 cm³/mol. The summed E-state index contributed by atoms with van der Waals surface area (Å²) in [6.45, 7) is 7.04. The lowest BCUT2D eigenvalue weighted by atomic mass is 9.98. The summed E-state index contributed by atoms with van der Waals surface area (Å²) in [7, 11) is 0. The van der Waals surface area contributed by atoms with Gasteiger partial charge in [-0.1, -0.05) is 29.8 Å². The van der Waals surface area contributed by atoms with Gasteiger partial charge in [-0.05, 0) is 36.4 Å². The average molecular weight is 289 g/mol. The molecule has 0 bridgehead atoms. The highest BCUT2D eigenvalue weighted by molar-refractivity contribution is 9.10. The third-order valence-corrected chi connectivity index (χ3v) is 3.53. The van der Waals surface area contributed by atoms with Crippen LogP contribution in [0.2, 0.25) is 0 Å². The van der Waals surface area contributed by atoms with E-state index in [1.807, 2.05) is 19.1 Å². The minimum absolute atomic E-state index is 0.114. The zero-order valence-corrected chi connectivity index (χ0v) is 11.9. The molecule has 0 saturated heterocycles. The predicted octanol–water partition coefficient (Wildman–Crippen LogP) is 4.09. The van der Waals surface area contributed by atoms with E-state index < -0.39 is 0 Å². The third-order valence-electron chi connectivity index (χ3n) is 2.18. The van der Waals surface area contributed by atoms with Crippen molar-refractivity contribution < 1.29 is 4.74 Å². The maximum absolute atomic E-state index is 5.78. The molecule has 0 aliphatic rings. The molecule has 1 aromatic carbocycles. The normalized spacial score (nSPS) is 11.5. The number of benzene rings is 1. The molecular weight excluding hydrogens is 272 g/mol. The van der Waals surface area contributed by atoms with Crippen LogP contribution in [0, 0.1) is 12.3 Å². The summed E-state index contributed by atoms with van der Waals surface area (Å²) < 4.78 is 6.86. The number of hydrogen-bond donors (Lipinski definition) is 1.